The summed E-state index contributed by atoms with van der Waals surface area (Å²) in [5, 5.41) is 0. The van der Waals surface area contributed by atoms with Crippen molar-refractivity contribution in [3.8, 4) is 11.1 Å². The molecular formula is C22H27FO2. The average molecular weight is 342 g/mol. The molecule has 1 aliphatic heterocycles. The molecule has 1 aliphatic rings. The van der Waals surface area contributed by atoms with E-state index in [1.807, 2.05) is 12.1 Å². The van der Waals surface area contributed by atoms with E-state index in [0.29, 0.717) is 5.92 Å². The number of ether oxygens (including phenoxy) is 2. The van der Waals surface area contributed by atoms with E-state index in [2.05, 4.69) is 31.2 Å². The molecule has 2 aromatic carbocycles. The van der Waals surface area contributed by atoms with Crippen molar-refractivity contribution in [2.75, 3.05) is 13.2 Å². The van der Waals surface area contributed by atoms with E-state index in [9.17, 15) is 4.39 Å². The summed E-state index contributed by atoms with van der Waals surface area (Å²) in [7, 11) is 0. The lowest BCUT2D eigenvalue weighted by Crippen LogP contribution is -2.32. The number of aryl methyl sites for hydroxylation is 1. The maximum Gasteiger partial charge on any atom is 0.157 e. The highest BCUT2D eigenvalue weighted by molar-refractivity contribution is 5.63. The van der Waals surface area contributed by atoms with E-state index in [1.165, 1.54) is 37.0 Å². The Morgan fingerprint density at radius 3 is 2.08 bits per heavy atom. The molecule has 0 aromatic heterocycles. The Balaban J connectivity index is 1.45. The van der Waals surface area contributed by atoms with Crippen molar-refractivity contribution < 1.29 is 13.9 Å². The first kappa shape index (κ1) is 18.1. The molecule has 0 aliphatic carbocycles. The summed E-state index contributed by atoms with van der Waals surface area (Å²) in [4.78, 5) is 0. The SMILES string of the molecule is CCCCC1COC(CCc2ccc(-c3ccc(F)cc3)cc2)OC1. The van der Waals surface area contributed by atoms with Gasteiger partial charge < -0.3 is 9.47 Å². The maximum atomic E-state index is 13.0. The number of rotatable bonds is 7. The quantitative estimate of drug-likeness (QED) is 0.651. The summed E-state index contributed by atoms with van der Waals surface area (Å²) in [6, 6.07) is 15.0. The molecule has 0 atom stereocenters. The standard InChI is InChI=1S/C22H27FO2/c1-2-3-4-18-15-24-22(25-16-18)14-7-17-5-8-19(9-6-17)20-10-12-21(23)13-11-20/h5-6,8-13,18,22H,2-4,7,14-16H2,1H3. The Labute approximate surface area is 150 Å². The van der Waals surface area contributed by atoms with Crippen LogP contribution in [0.3, 0.4) is 0 Å². The molecule has 0 unspecified atom stereocenters. The Morgan fingerprint density at radius 1 is 0.880 bits per heavy atom. The molecule has 134 valence electrons. The summed E-state index contributed by atoms with van der Waals surface area (Å²) in [5.74, 6) is 0.357. The lowest BCUT2D eigenvalue weighted by atomic mass is 10.0. The van der Waals surface area contributed by atoms with Crippen LogP contribution >= 0.6 is 0 Å². The maximum absolute atomic E-state index is 13.0. The molecule has 2 aromatic rings. The van der Waals surface area contributed by atoms with Crippen LogP contribution in [-0.2, 0) is 15.9 Å². The van der Waals surface area contributed by atoms with Gasteiger partial charge in [0.2, 0.25) is 0 Å². The Hall–Kier alpha value is -1.71. The van der Waals surface area contributed by atoms with Crippen molar-refractivity contribution in [2.45, 2.75) is 45.3 Å². The summed E-state index contributed by atoms with van der Waals surface area (Å²) < 4.78 is 24.7. The summed E-state index contributed by atoms with van der Waals surface area (Å²) >= 11 is 0. The van der Waals surface area contributed by atoms with E-state index in [-0.39, 0.29) is 12.1 Å². The van der Waals surface area contributed by atoms with Crippen molar-refractivity contribution in [1.29, 1.82) is 0 Å². The minimum Gasteiger partial charge on any atom is -0.352 e. The van der Waals surface area contributed by atoms with Crippen LogP contribution in [0.4, 0.5) is 4.39 Å². The van der Waals surface area contributed by atoms with Gasteiger partial charge in [-0.3, -0.25) is 0 Å². The molecule has 3 rings (SSSR count). The Kier molecular flexibility index (Phi) is 6.60. The third-order valence-corrected chi connectivity index (χ3v) is 4.80. The van der Waals surface area contributed by atoms with E-state index in [4.69, 9.17) is 9.47 Å². The predicted molar refractivity (Wildman–Crippen MR) is 98.9 cm³/mol. The van der Waals surface area contributed by atoms with Crippen LogP contribution in [0.5, 0.6) is 0 Å². The van der Waals surface area contributed by atoms with Crippen molar-refractivity contribution in [1.82, 2.24) is 0 Å². The summed E-state index contributed by atoms with van der Waals surface area (Å²) in [6.07, 6.45) is 5.43. The fourth-order valence-electron chi connectivity index (χ4n) is 3.20. The van der Waals surface area contributed by atoms with Gasteiger partial charge in [-0.1, -0.05) is 56.2 Å². The second-order valence-corrected chi connectivity index (χ2v) is 6.85. The summed E-state index contributed by atoms with van der Waals surface area (Å²) in [5.41, 5.74) is 3.41. The number of hydrogen-bond acceptors (Lipinski definition) is 2. The second kappa shape index (κ2) is 9.12. The summed E-state index contributed by atoms with van der Waals surface area (Å²) in [6.45, 7) is 3.87. The second-order valence-electron chi connectivity index (χ2n) is 6.85. The molecule has 0 saturated carbocycles. The third-order valence-electron chi connectivity index (χ3n) is 4.80. The van der Waals surface area contributed by atoms with Gasteiger partial charge in [0.1, 0.15) is 5.82 Å². The molecule has 1 fully saturated rings. The van der Waals surface area contributed by atoms with Crippen LogP contribution in [0, 0.1) is 11.7 Å². The monoisotopic (exact) mass is 342 g/mol. The highest BCUT2D eigenvalue weighted by Gasteiger charge is 2.21. The molecule has 0 radical (unpaired) electrons. The van der Waals surface area contributed by atoms with Crippen LogP contribution in [0.1, 0.15) is 38.2 Å². The van der Waals surface area contributed by atoms with Crippen LogP contribution in [-0.4, -0.2) is 19.5 Å². The number of unbranched alkanes of at least 4 members (excludes halogenated alkanes) is 1. The minimum atomic E-state index is -0.204. The molecular weight excluding hydrogens is 315 g/mol. The van der Waals surface area contributed by atoms with Crippen LogP contribution in [0.2, 0.25) is 0 Å². The minimum absolute atomic E-state index is 0.0744. The molecule has 0 amide bonds. The normalized spacial score (nSPS) is 20.6. The number of benzene rings is 2. The third kappa shape index (κ3) is 5.38. The van der Waals surface area contributed by atoms with Gasteiger partial charge in [0.25, 0.3) is 0 Å². The molecule has 3 heteroatoms. The molecule has 2 nitrogen and oxygen atoms in total. The fourth-order valence-corrected chi connectivity index (χ4v) is 3.20. The lowest BCUT2D eigenvalue weighted by molar-refractivity contribution is -0.203. The van der Waals surface area contributed by atoms with Gasteiger partial charge in [0.15, 0.2) is 6.29 Å². The lowest BCUT2D eigenvalue weighted by Gasteiger charge is -2.29. The van der Waals surface area contributed by atoms with Gasteiger partial charge >= 0.3 is 0 Å². The van der Waals surface area contributed by atoms with Crippen molar-refractivity contribution in [2.24, 2.45) is 5.92 Å². The average Bonchev–Trinajstić information content (AvgIpc) is 2.67. The zero-order chi connectivity index (χ0) is 17.5. The Morgan fingerprint density at radius 2 is 1.48 bits per heavy atom. The first-order valence-electron chi connectivity index (χ1n) is 9.32. The van der Waals surface area contributed by atoms with Gasteiger partial charge in [-0.05, 0) is 41.7 Å². The fraction of sp³-hybridized carbons (Fsp3) is 0.455. The van der Waals surface area contributed by atoms with Crippen LogP contribution in [0.15, 0.2) is 48.5 Å². The zero-order valence-electron chi connectivity index (χ0n) is 14.9. The zero-order valence-corrected chi connectivity index (χ0v) is 14.9. The van der Waals surface area contributed by atoms with E-state index >= 15 is 0 Å². The van der Waals surface area contributed by atoms with E-state index < -0.39 is 0 Å². The smallest absolute Gasteiger partial charge is 0.157 e. The number of hydrogen-bond donors (Lipinski definition) is 0. The molecule has 25 heavy (non-hydrogen) atoms. The van der Waals surface area contributed by atoms with E-state index in [1.54, 1.807) is 0 Å². The van der Waals surface area contributed by atoms with Gasteiger partial charge in [-0.25, -0.2) is 4.39 Å². The predicted octanol–water partition coefficient (Wildman–Crippen LogP) is 5.60. The highest BCUT2D eigenvalue weighted by Crippen LogP contribution is 2.22. The van der Waals surface area contributed by atoms with Gasteiger partial charge in [0.05, 0.1) is 13.2 Å². The van der Waals surface area contributed by atoms with E-state index in [0.717, 1.165) is 37.2 Å². The first-order valence-corrected chi connectivity index (χ1v) is 9.32. The topological polar surface area (TPSA) is 18.5 Å². The Bertz CT molecular complexity index is 628. The largest absolute Gasteiger partial charge is 0.352 e. The van der Waals surface area contributed by atoms with Gasteiger partial charge in [-0.15, -0.1) is 0 Å². The van der Waals surface area contributed by atoms with Crippen molar-refractivity contribution >= 4 is 0 Å². The molecule has 1 saturated heterocycles. The van der Waals surface area contributed by atoms with Crippen LogP contribution < -0.4 is 0 Å². The highest BCUT2D eigenvalue weighted by atomic mass is 19.1. The molecule has 0 bridgehead atoms. The van der Waals surface area contributed by atoms with Gasteiger partial charge in [-0.2, -0.15) is 0 Å². The molecule has 0 spiro atoms. The van der Waals surface area contributed by atoms with Crippen LogP contribution in [0.25, 0.3) is 11.1 Å². The van der Waals surface area contributed by atoms with Crippen molar-refractivity contribution in [3.05, 3.63) is 59.9 Å². The van der Waals surface area contributed by atoms with Crippen molar-refractivity contribution in [3.63, 3.8) is 0 Å². The molecule has 0 N–H and O–H groups in total. The first-order chi connectivity index (χ1) is 12.2. The number of halogens is 1. The van der Waals surface area contributed by atoms with Gasteiger partial charge in [0, 0.05) is 12.3 Å². The molecule has 1 heterocycles.